The van der Waals surface area contributed by atoms with E-state index in [1.54, 1.807) is 6.92 Å². The van der Waals surface area contributed by atoms with Gasteiger partial charge >= 0.3 is 6.03 Å². The molecule has 0 saturated heterocycles. The van der Waals surface area contributed by atoms with Gasteiger partial charge in [-0.25, -0.2) is 22.4 Å². The van der Waals surface area contributed by atoms with Crippen molar-refractivity contribution in [1.82, 2.24) is 16.0 Å². The Balaban J connectivity index is 1.91. The first-order chi connectivity index (χ1) is 15.5. The molecule has 3 rings (SSSR count). The lowest BCUT2D eigenvalue weighted by Crippen LogP contribution is -2.46. The van der Waals surface area contributed by atoms with E-state index in [1.807, 2.05) is 0 Å². The van der Waals surface area contributed by atoms with Crippen molar-refractivity contribution in [1.29, 1.82) is 0 Å². The van der Waals surface area contributed by atoms with Crippen LogP contribution in [0.5, 0.6) is 0 Å². The molecule has 0 aromatic heterocycles. The number of hydrogen-bond acceptors (Lipinski definition) is 3. The monoisotopic (exact) mass is 491 g/mol. The summed E-state index contributed by atoms with van der Waals surface area (Å²) in [5, 5.41) is 7.09. The van der Waals surface area contributed by atoms with Crippen LogP contribution >= 0.6 is 11.6 Å². The third kappa shape index (κ3) is 4.95. The zero-order valence-electron chi connectivity index (χ0n) is 18.2. The minimum atomic E-state index is -2.82. The van der Waals surface area contributed by atoms with E-state index in [-0.39, 0.29) is 37.3 Å². The van der Waals surface area contributed by atoms with Crippen molar-refractivity contribution in [2.45, 2.75) is 44.6 Å². The lowest BCUT2D eigenvalue weighted by molar-refractivity contribution is -0.127. The van der Waals surface area contributed by atoms with E-state index in [1.165, 1.54) is 7.05 Å². The molecule has 1 aromatic carbocycles. The molecule has 6 nitrogen and oxygen atoms in total. The van der Waals surface area contributed by atoms with Crippen LogP contribution in [0.4, 0.5) is 22.4 Å². The Morgan fingerprint density at radius 3 is 2.45 bits per heavy atom. The summed E-state index contributed by atoms with van der Waals surface area (Å²) in [6.07, 6.45) is 0.646. The molecule has 11 heteroatoms. The molecule has 5 atom stereocenters. The number of fused-ring (bicyclic) bond motifs is 1. The second-order valence-electron chi connectivity index (χ2n) is 9.05. The van der Waals surface area contributed by atoms with Crippen LogP contribution in [0.1, 0.15) is 44.2 Å². The van der Waals surface area contributed by atoms with E-state index >= 15 is 0 Å². The van der Waals surface area contributed by atoms with Gasteiger partial charge in [0.05, 0.1) is 17.0 Å². The minimum absolute atomic E-state index is 0.0195. The number of carbonyl (C=O) groups excluding carboxylic acids is 3. The largest absolute Gasteiger partial charge is 0.348 e. The molecule has 2 aliphatic rings. The van der Waals surface area contributed by atoms with E-state index in [0.29, 0.717) is 6.29 Å². The van der Waals surface area contributed by atoms with Gasteiger partial charge in [-0.15, -0.1) is 0 Å². The zero-order valence-corrected chi connectivity index (χ0v) is 18.9. The molecule has 0 radical (unpaired) electrons. The maximum atomic E-state index is 15.0. The Morgan fingerprint density at radius 2 is 1.88 bits per heavy atom. The molecule has 0 bridgehead atoms. The fraction of sp³-hybridized carbons (Fsp3) is 0.591. The van der Waals surface area contributed by atoms with Gasteiger partial charge in [0, 0.05) is 37.4 Å². The van der Waals surface area contributed by atoms with Crippen LogP contribution < -0.4 is 16.0 Å². The van der Waals surface area contributed by atoms with Gasteiger partial charge in [-0.1, -0.05) is 18.5 Å². The third-order valence-corrected chi connectivity index (χ3v) is 7.12. The molecule has 2 saturated carbocycles. The first-order valence-corrected chi connectivity index (χ1v) is 11.0. The second kappa shape index (κ2) is 9.48. The van der Waals surface area contributed by atoms with Crippen molar-refractivity contribution in [2.75, 3.05) is 13.6 Å². The molecule has 33 heavy (non-hydrogen) atoms. The minimum Gasteiger partial charge on any atom is -0.348 e. The van der Waals surface area contributed by atoms with Crippen LogP contribution in [0.2, 0.25) is 5.02 Å². The predicted octanol–water partition coefficient (Wildman–Crippen LogP) is 3.98. The van der Waals surface area contributed by atoms with Crippen molar-refractivity contribution in [3.8, 4) is 0 Å². The fourth-order valence-electron chi connectivity index (χ4n) is 4.90. The van der Waals surface area contributed by atoms with E-state index < -0.39 is 64.3 Å². The van der Waals surface area contributed by atoms with Crippen molar-refractivity contribution in [3.05, 3.63) is 34.4 Å². The van der Waals surface area contributed by atoms with Gasteiger partial charge in [-0.05, 0) is 36.8 Å². The van der Waals surface area contributed by atoms with Crippen molar-refractivity contribution >= 4 is 29.8 Å². The number of halogens is 5. The van der Waals surface area contributed by atoms with Gasteiger partial charge in [0.15, 0.2) is 0 Å². The molecule has 3 N–H and O–H groups in total. The van der Waals surface area contributed by atoms with Crippen LogP contribution in [0.15, 0.2) is 12.1 Å². The number of urea groups is 1. The summed E-state index contributed by atoms with van der Waals surface area (Å²) in [5.41, 5.74) is -1.54. The SMILES string of the molecule is CNC(=O)NC[C@@H](CCC=O)C(=O)N[C@H](c1c(F)ccc(Cl)c1F)C1(C)C[C@@H]2[C@H](C1)C2(F)F. The number of nitrogens with one attached hydrogen (secondary N) is 3. The normalized spacial score (nSPS) is 26.6. The number of carbonyl (C=O) groups is 3. The fourth-order valence-corrected chi connectivity index (χ4v) is 5.07. The van der Waals surface area contributed by atoms with E-state index in [2.05, 4.69) is 16.0 Å². The summed E-state index contributed by atoms with van der Waals surface area (Å²) in [6, 6.07) is 0.181. The van der Waals surface area contributed by atoms with Gasteiger partial charge < -0.3 is 20.7 Å². The number of benzene rings is 1. The number of rotatable bonds is 9. The first kappa shape index (κ1) is 25.3. The highest BCUT2D eigenvalue weighted by Gasteiger charge is 2.74. The average Bonchev–Trinajstić information content (AvgIpc) is 3.08. The smallest absolute Gasteiger partial charge is 0.314 e. The Bertz CT molecular complexity index is 932. The maximum absolute atomic E-state index is 15.0. The predicted molar refractivity (Wildman–Crippen MR) is 113 cm³/mol. The topological polar surface area (TPSA) is 87.3 Å². The van der Waals surface area contributed by atoms with Crippen LogP contribution in [0.25, 0.3) is 0 Å². The molecule has 2 fully saturated rings. The maximum Gasteiger partial charge on any atom is 0.314 e. The highest BCUT2D eigenvalue weighted by atomic mass is 35.5. The number of aldehydes is 1. The van der Waals surface area contributed by atoms with Gasteiger partial charge in [0.1, 0.15) is 17.9 Å². The summed E-state index contributed by atoms with van der Waals surface area (Å²) >= 11 is 5.87. The Morgan fingerprint density at radius 1 is 1.24 bits per heavy atom. The Labute approximate surface area is 193 Å². The highest BCUT2D eigenvalue weighted by molar-refractivity contribution is 6.30. The Kier molecular flexibility index (Phi) is 7.26. The molecule has 1 aromatic rings. The molecular weight excluding hydrogens is 466 g/mol. The molecule has 2 aliphatic carbocycles. The summed E-state index contributed by atoms with van der Waals surface area (Å²) in [6.45, 7) is 1.48. The zero-order chi connectivity index (χ0) is 24.6. The van der Waals surface area contributed by atoms with Crippen molar-refractivity contribution in [3.63, 3.8) is 0 Å². The van der Waals surface area contributed by atoms with Crippen LogP contribution in [0.3, 0.4) is 0 Å². The average molecular weight is 492 g/mol. The molecule has 1 unspecified atom stereocenters. The lowest BCUT2D eigenvalue weighted by Gasteiger charge is -2.38. The van der Waals surface area contributed by atoms with Crippen molar-refractivity contribution in [2.24, 2.45) is 23.2 Å². The van der Waals surface area contributed by atoms with Gasteiger partial charge in [-0.3, -0.25) is 4.79 Å². The molecule has 0 aliphatic heterocycles. The van der Waals surface area contributed by atoms with E-state index in [4.69, 9.17) is 11.6 Å². The summed E-state index contributed by atoms with van der Waals surface area (Å²) in [5.74, 6) is -8.20. The van der Waals surface area contributed by atoms with Crippen LogP contribution in [-0.4, -0.2) is 37.7 Å². The quantitative estimate of drug-likeness (QED) is 0.277. The number of amides is 3. The summed E-state index contributed by atoms with van der Waals surface area (Å²) < 4.78 is 57.5. The number of alkyl halides is 2. The summed E-state index contributed by atoms with van der Waals surface area (Å²) in [4.78, 5) is 35.5. The summed E-state index contributed by atoms with van der Waals surface area (Å²) in [7, 11) is 1.39. The van der Waals surface area contributed by atoms with Gasteiger partial charge in [-0.2, -0.15) is 0 Å². The Hall–Kier alpha value is -2.36. The lowest BCUT2D eigenvalue weighted by atomic mass is 9.74. The van der Waals surface area contributed by atoms with Gasteiger partial charge in [0.25, 0.3) is 5.92 Å². The second-order valence-corrected chi connectivity index (χ2v) is 9.46. The van der Waals surface area contributed by atoms with E-state index in [9.17, 15) is 31.9 Å². The molecule has 0 heterocycles. The van der Waals surface area contributed by atoms with Gasteiger partial charge in [0.2, 0.25) is 5.91 Å². The number of hydrogen-bond donors (Lipinski definition) is 3. The standard InChI is InChI=1S/C22H26ClF4N3O3/c1-21(8-12-13(9-21)22(12,26)27)18(16-15(24)6-5-14(23)17(16)25)30-19(32)11(4-3-7-31)10-29-20(33)28-2/h5-7,11-13,18H,3-4,8-10H2,1-2H3,(H,30,32)(H2,28,29,33)/t11-,12-,13+,18-,21?/m1/s1. The highest BCUT2D eigenvalue weighted by Crippen LogP contribution is 2.71. The molecule has 0 spiro atoms. The van der Waals surface area contributed by atoms with E-state index in [0.717, 1.165) is 12.1 Å². The molecule has 3 amide bonds. The molecule has 182 valence electrons. The molecular formula is C22H26ClF4N3O3. The van der Waals surface area contributed by atoms with Crippen LogP contribution in [-0.2, 0) is 9.59 Å². The van der Waals surface area contributed by atoms with Crippen LogP contribution in [0, 0.1) is 34.8 Å². The first-order valence-electron chi connectivity index (χ1n) is 10.7. The third-order valence-electron chi connectivity index (χ3n) is 6.83. The van der Waals surface area contributed by atoms with Crippen molar-refractivity contribution < 1.29 is 31.9 Å².